The summed E-state index contributed by atoms with van der Waals surface area (Å²) in [6.07, 6.45) is 0. The Bertz CT molecular complexity index is 882. The van der Waals surface area contributed by atoms with Crippen molar-refractivity contribution in [3.63, 3.8) is 0 Å². The van der Waals surface area contributed by atoms with E-state index in [9.17, 15) is 5.11 Å². The van der Waals surface area contributed by atoms with Gasteiger partial charge < -0.3 is 19.4 Å². The molecule has 1 saturated heterocycles. The van der Waals surface area contributed by atoms with E-state index in [0.717, 1.165) is 43.0 Å². The van der Waals surface area contributed by atoms with E-state index in [-0.39, 0.29) is 17.4 Å². The number of likely N-dealkylation sites (N-methyl/N-ethyl adjacent to an activating group) is 1. The molecule has 2 aromatic carbocycles. The molecule has 1 fully saturated rings. The summed E-state index contributed by atoms with van der Waals surface area (Å²) in [6, 6.07) is 13.8. The second kappa shape index (κ2) is 10.9. The quantitative estimate of drug-likeness (QED) is 0.339. The molecule has 0 bridgehead atoms. The Labute approximate surface area is 200 Å². The fourth-order valence-electron chi connectivity index (χ4n) is 2.99. The SMILES string of the molecule is CN1CCN(Sc2ccc(Oc3ccc([B]OC(C)(C)C(C)(C)P)c(CO)c3)cc2)CC1. The van der Waals surface area contributed by atoms with E-state index in [0.29, 0.717) is 5.75 Å². The van der Waals surface area contributed by atoms with Crippen molar-refractivity contribution in [1.82, 2.24) is 9.21 Å². The standard InChI is InChI=1S/C24H35BN2O3PS/c1-23(2,24(3,4)31)30-25-22-11-8-20(16-18(22)17-28)29-19-6-9-21(10-7-19)32-27-14-12-26(5)13-15-27/h6-11,16,28H,12-15,17,31H2,1-5H3. The highest BCUT2D eigenvalue weighted by atomic mass is 32.2. The van der Waals surface area contributed by atoms with Gasteiger partial charge in [0.05, 0.1) is 12.2 Å². The fraction of sp³-hybridized carbons (Fsp3) is 0.500. The highest BCUT2D eigenvalue weighted by Crippen LogP contribution is 2.33. The van der Waals surface area contributed by atoms with Crippen LogP contribution in [0.1, 0.15) is 33.3 Å². The number of rotatable bonds is 9. The highest BCUT2D eigenvalue weighted by molar-refractivity contribution is 7.97. The Morgan fingerprint density at radius 3 is 2.22 bits per heavy atom. The van der Waals surface area contributed by atoms with Crippen molar-refractivity contribution in [2.75, 3.05) is 33.2 Å². The smallest absolute Gasteiger partial charge is 0.331 e. The van der Waals surface area contributed by atoms with Crippen LogP contribution in [0.5, 0.6) is 11.5 Å². The molecule has 8 heteroatoms. The minimum absolute atomic E-state index is 0.0856. The number of benzene rings is 2. The van der Waals surface area contributed by atoms with Crippen LogP contribution in [-0.2, 0) is 11.3 Å². The number of ether oxygens (including phenoxy) is 1. The summed E-state index contributed by atoms with van der Waals surface area (Å²) in [4.78, 5) is 3.56. The largest absolute Gasteiger partial charge is 0.457 e. The molecule has 1 heterocycles. The summed E-state index contributed by atoms with van der Waals surface area (Å²) in [6.45, 7) is 12.6. The fourth-order valence-corrected chi connectivity index (χ4v) is 3.96. The Balaban J connectivity index is 1.60. The van der Waals surface area contributed by atoms with Crippen molar-refractivity contribution in [3.8, 4) is 11.5 Å². The van der Waals surface area contributed by atoms with Gasteiger partial charge in [0.15, 0.2) is 0 Å². The van der Waals surface area contributed by atoms with Crippen LogP contribution in [-0.4, -0.2) is 65.8 Å². The van der Waals surface area contributed by atoms with E-state index in [4.69, 9.17) is 9.39 Å². The van der Waals surface area contributed by atoms with Crippen molar-refractivity contribution in [1.29, 1.82) is 0 Å². The molecule has 5 nitrogen and oxygen atoms in total. The van der Waals surface area contributed by atoms with Crippen LogP contribution in [0.3, 0.4) is 0 Å². The van der Waals surface area contributed by atoms with E-state index < -0.39 is 0 Å². The van der Waals surface area contributed by atoms with Gasteiger partial charge in [-0.3, -0.25) is 0 Å². The molecule has 173 valence electrons. The Morgan fingerprint density at radius 2 is 1.62 bits per heavy atom. The lowest BCUT2D eigenvalue weighted by atomic mass is 9.81. The van der Waals surface area contributed by atoms with Gasteiger partial charge in [0.25, 0.3) is 0 Å². The van der Waals surface area contributed by atoms with E-state index in [2.05, 4.69) is 65.3 Å². The molecule has 1 aliphatic heterocycles. The predicted octanol–water partition coefficient (Wildman–Crippen LogP) is 3.92. The van der Waals surface area contributed by atoms with E-state index in [1.165, 1.54) is 4.90 Å². The third-order valence-corrected chi connectivity index (χ3v) is 7.87. The van der Waals surface area contributed by atoms with E-state index >= 15 is 0 Å². The average molecular weight is 473 g/mol. The molecule has 1 radical (unpaired) electrons. The van der Waals surface area contributed by atoms with Crippen LogP contribution in [0.4, 0.5) is 0 Å². The van der Waals surface area contributed by atoms with Gasteiger partial charge in [-0.15, -0.1) is 9.24 Å². The number of hydrogen-bond donors (Lipinski definition) is 1. The lowest BCUT2D eigenvalue weighted by Gasteiger charge is -2.39. The summed E-state index contributed by atoms with van der Waals surface area (Å²) in [7, 11) is 6.72. The van der Waals surface area contributed by atoms with Crippen molar-refractivity contribution >= 4 is 34.1 Å². The molecule has 1 atom stereocenters. The number of piperazine rings is 1. The van der Waals surface area contributed by atoms with Crippen LogP contribution < -0.4 is 10.2 Å². The van der Waals surface area contributed by atoms with Gasteiger partial charge in [0.1, 0.15) is 11.5 Å². The zero-order valence-corrected chi connectivity index (χ0v) is 21.8. The molecule has 32 heavy (non-hydrogen) atoms. The predicted molar refractivity (Wildman–Crippen MR) is 138 cm³/mol. The number of nitrogens with zero attached hydrogens (tertiary/aromatic N) is 2. The number of aliphatic hydroxyl groups excluding tert-OH is 1. The molecule has 2 aromatic rings. The van der Waals surface area contributed by atoms with Crippen molar-refractivity contribution in [3.05, 3.63) is 48.0 Å². The summed E-state index contributed by atoms with van der Waals surface area (Å²) in [5, 5.41) is 9.76. The van der Waals surface area contributed by atoms with Gasteiger partial charge in [0, 0.05) is 36.2 Å². The number of hydrogen-bond acceptors (Lipinski definition) is 6. The molecule has 0 aromatic heterocycles. The van der Waals surface area contributed by atoms with E-state index in [1.54, 1.807) is 19.4 Å². The van der Waals surface area contributed by atoms with Crippen LogP contribution in [0.25, 0.3) is 0 Å². The minimum atomic E-state index is -0.372. The molecule has 1 aliphatic rings. The van der Waals surface area contributed by atoms with Crippen LogP contribution >= 0.6 is 21.2 Å². The first-order valence-corrected chi connectivity index (χ1v) is 12.4. The van der Waals surface area contributed by atoms with Gasteiger partial charge in [-0.25, -0.2) is 4.31 Å². The maximum atomic E-state index is 9.86. The zero-order chi connectivity index (χ0) is 23.4. The Hall–Kier alpha value is -1.08. The molecule has 1 N–H and O–H groups in total. The molecule has 0 saturated carbocycles. The lowest BCUT2D eigenvalue weighted by molar-refractivity contribution is 0.0840. The minimum Gasteiger partial charge on any atom is -0.457 e. The lowest BCUT2D eigenvalue weighted by Crippen LogP contribution is -2.45. The van der Waals surface area contributed by atoms with Gasteiger partial charge >= 0.3 is 7.48 Å². The number of aliphatic hydroxyl groups is 1. The van der Waals surface area contributed by atoms with Crippen LogP contribution in [0.2, 0.25) is 0 Å². The summed E-state index contributed by atoms with van der Waals surface area (Å²) in [5.41, 5.74) is 1.24. The zero-order valence-electron chi connectivity index (χ0n) is 19.8. The highest BCUT2D eigenvalue weighted by Gasteiger charge is 2.33. The third-order valence-electron chi connectivity index (χ3n) is 6.07. The Kier molecular flexibility index (Phi) is 8.70. The topological polar surface area (TPSA) is 45.2 Å². The molecule has 0 amide bonds. The second-order valence-corrected chi connectivity index (χ2v) is 12.0. The van der Waals surface area contributed by atoms with Gasteiger partial charge in [-0.2, -0.15) is 0 Å². The van der Waals surface area contributed by atoms with Crippen molar-refractivity contribution in [2.45, 2.75) is 50.0 Å². The normalized spacial score (nSPS) is 16.2. The van der Waals surface area contributed by atoms with Gasteiger partial charge in [-0.05, 0) is 80.3 Å². The first-order chi connectivity index (χ1) is 15.1. The second-order valence-electron chi connectivity index (χ2n) is 9.38. The average Bonchev–Trinajstić information content (AvgIpc) is 2.75. The summed E-state index contributed by atoms with van der Waals surface area (Å²) >= 11 is 1.80. The first-order valence-electron chi connectivity index (χ1n) is 11.0. The maximum absolute atomic E-state index is 9.86. The van der Waals surface area contributed by atoms with Crippen molar-refractivity contribution < 1.29 is 14.5 Å². The monoisotopic (exact) mass is 473 g/mol. The van der Waals surface area contributed by atoms with Gasteiger partial charge in [0.2, 0.25) is 0 Å². The molecular formula is C24H35BN2O3PS. The van der Waals surface area contributed by atoms with Crippen LogP contribution in [0, 0.1) is 0 Å². The first kappa shape index (κ1) is 25.5. The van der Waals surface area contributed by atoms with E-state index in [1.807, 2.05) is 30.3 Å². The molecular weight excluding hydrogens is 438 g/mol. The molecule has 3 rings (SSSR count). The van der Waals surface area contributed by atoms with Gasteiger partial charge in [-0.1, -0.05) is 19.9 Å². The molecule has 0 aliphatic carbocycles. The van der Waals surface area contributed by atoms with Crippen LogP contribution in [0.15, 0.2) is 47.4 Å². The maximum Gasteiger partial charge on any atom is 0.331 e. The third kappa shape index (κ3) is 6.96. The molecule has 1 unspecified atom stereocenters. The summed E-state index contributed by atoms with van der Waals surface area (Å²) in [5.74, 6) is 1.46. The molecule has 0 spiro atoms. The van der Waals surface area contributed by atoms with Crippen molar-refractivity contribution in [2.24, 2.45) is 0 Å². The summed E-state index contributed by atoms with van der Waals surface area (Å²) < 4.78 is 14.5. The Morgan fingerprint density at radius 1 is 1.00 bits per heavy atom.